The highest BCUT2D eigenvalue weighted by atomic mass is 32.1. The number of hydrogen-bond donors (Lipinski definition) is 0. The molecule has 5 aromatic rings. The van der Waals surface area contributed by atoms with Gasteiger partial charge in [-0.05, 0) is 42.3 Å². The summed E-state index contributed by atoms with van der Waals surface area (Å²) in [7, 11) is 0. The van der Waals surface area contributed by atoms with E-state index in [1.807, 2.05) is 43.3 Å². The van der Waals surface area contributed by atoms with Crippen molar-refractivity contribution in [1.29, 1.82) is 0 Å². The van der Waals surface area contributed by atoms with E-state index in [1.165, 1.54) is 4.70 Å². The number of thiazole rings is 1. The molecule has 0 saturated carbocycles. The van der Waals surface area contributed by atoms with Gasteiger partial charge in [0.15, 0.2) is 5.43 Å². The van der Waals surface area contributed by atoms with Crippen LogP contribution in [0.2, 0.25) is 0 Å². The van der Waals surface area contributed by atoms with Gasteiger partial charge in [-0.3, -0.25) is 4.79 Å². The fraction of sp³-hybridized carbons (Fsp3) is 0.0833. The number of benzene rings is 3. The highest BCUT2D eigenvalue weighted by molar-refractivity contribution is 7.21. The normalized spacial score (nSPS) is 11.3. The van der Waals surface area contributed by atoms with Crippen LogP contribution in [-0.4, -0.2) is 4.98 Å². The monoisotopic (exact) mass is 383 g/mol. The molecule has 0 saturated heterocycles. The molecule has 3 nitrogen and oxygen atoms in total. The Labute approximate surface area is 165 Å². The van der Waals surface area contributed by atoms with Crippen molar-refractivity contribution in [3.8, 4) is 10.6 Å². The summed E-state index contributed by atoms with van der Waals surface area (Å²) in [6.07, 6.45) is 2.14. The molecule has 3 aromatic carbocycles. The highest BCUT2D eigenvalue weighted by Crippen LogP contribution is 2.30. The Morgan fingerprint density at radius 1 is 1.00 bits per heavy atom. The topological polar surface area (TPSA) is 43.1 Å². The maximum Gasteiger partial charge on any atom is 0.196 e. The maximum atomic E-state index is 12.8. The summed E-state index contributed by atoms with van der Waals surface area (Å²) < 4.78 is 6.88. The zero-order chi connectivity index (χ0) is 19.1. The van der Waals surface area contributed by atoms with Crippen molar-refractivity contribution in [2.75, 3.05) is 0 Å². The van der Waals surface area contributed by atoms with Crippen LogP contribution >= 0.6 is 11.3 Å². The summed E-state index contributed by atoms with van der Waals surface area (Å²) in [5.41, 5.74) is 5.61. The van der Waals surface area contributed by atoms with Gasteiger partial charge in [-0.15, -0.1) is 11.3 Å². The SMILES string of the molecule is Cc1ccc2c(=O)c(Cc3ccc(-c4nc5ccccc5s4)cc3)coc2c1. The summed E-state index contributed by atoms with van der Waals surface area (Å²) in [5.74, 6) is 0. The van der Waals surface area contributed by atoms with Crippen molar-refractivity contribution in [3.05, 3.63) is 99.9 Å². The second kappa shape index (κ2) is 6.73. The first kappa shape index (κ1) is 16.9. The van der Waals surface area contributed by atoms with Crippen LogP contribution in [-0.2, 0) is 6.42 Å². The maximum absolute atomic E-state index is 12.8. The summed E-state index contributed by atoms with van der Waals surface area (Å²) >= 11 is 1.69. The molecule has 0 atom stereocenters. The van der Waals surface area contributed by atoms with Gasteiger partial charge in [0.1, 0.15) is 10.6 Å². The van der Waals surface area contributed by atoms with Crippen LogP contribution < -0.4 is 5.43 Å². The fourth-order valence-electron chi connectivity index (χ4n) is 3.38. The van der Waals surface area contributed by atoms with Crippen molar-refractivity contribution in [2.45, 2.75) is 13.3 Å². The van der Waals surface area contributed by atoms with Gasteiger partial charge >= 0.3 is 0 Å². The zero-order valence-electron chi connectivity index (χ0n) is 15.3. The van der Waals surface area contributed by atoms with Crippen LogP contribution in [0.5, 0.6) is 0 Å². The van der Waals surface area contributed by atoms with Gasteiger partial charge in [0.05, 0.1) is 21.9 Å². The number of para-hydroxylation sites is 1. The molecule has 28 heavy (non-hydrogen) atoms. The molecular weight excluding hydrogens is 366 g/mol. The molecule has 4 heteroatoms. The van der Waals surface area contributed by atoms with Crippen molar-refractivity contribution in [3.63, 3.8) is 0 Å². The summed E-state index contributed by atoms with van der Waals surface area (Å²) in [5, 5.41) is 1.64. The number of aromatic nitrogens is 1. The minimum absolute atomic E-state index is 0.0384. The van der Waals surface area contributed by atoms with E-state index in [0.717, 1.165) is 27.2 Å². The molecular formula is C24H17NO2S. The molecule has 0 fully saturated rings. The molecule has 0 aliphatic rings. The first-order valence-electron chi connectivity index (χ1n) is 9.13. The Morgan fingerprint density at radius 2 is 1.82 bits per heavy atom. The fourth-order valence-corrected chi connectivity index (χ4v) is 4.35. The van der Waals surface area contributed by atoms with Crippen molar-refractivity contribution >= 4 is 32.5 Å². The van der Waals surface area contributed by atoms with Gasteiger partial charge in [-0.2, -0.15) is 0 Å². The van der Waals surface area contributed by atoms with Crippen LogP contribution in [0.25, 0.3) is 31.8 Å². The first-order chi connectivity index (χ1) is 13.7. The lowest BCUT2D eigenvalue weighted by molar-refractivity contribution is 0.594. The largest absolute Gasteiger partial charge is 0.464 e. The molecule has 0 unspecified atom stereocenters. The summed E-state index contributed by atoms with van der Waals surface area (Å²) in [6.45, 7) is 1.99. The Hall–Kier alpha value is -3.24. The molecule has 0 spiro atoms. The second-order valence-electron chi connectivity index (χ2n) is 6.95. The number of nitrogens with zero attached hydrogens (tertiary/aromatic N) is 1. The Kier molecular flexibility index (Phi) is 4.06. The second-order valence-corrected chi connectivity index (χ2v) is 7.98. The van der Waals surface area contributed by atoms with E-state index in [2.05, 4.69) is 30.3 Å². The average molecular weight is 383 g/mol. The lowest BCUT2D eigenvalue weighted by atomic mass is 10.0. The lowest BCUT2D eigenvalue weighted by Crippen LogP contribution is -2.09. The molecule has 0 amide bonds. The van der Waals surface area contributed by atoms with Crippen LogP contribution in [0.15, 0.2) is 82.2 Å². The minimum Gasteiger partial charge on any atom is -0.464 e. The number of fused-ring (bicyclic) bond motifs is 2. The van der Waals surface area contributed by atoms with Gasteiger partial charge in [0.25, 0.3) is 0 Å². The van der Waals surface area contributed by atoms with E-state index in [-0.39, 0.29) is 5.43 Å². The minimum atomic E-state index is 0.0384. The predicted octanol–water partition coefficient (Wildman–Crippen LogP) is 5.97. The Bertz CT molecular complexity index is 1330. The van der Waals surface area contributed by atoms with Crippen LogP contribution in [0.4, 0.5) is 0 Å². The lowest BCUT2D eigenvalue weighted by Gasteiger charge is -2.04. The van der Waals surface area contributed by atoms with Crippen LogP contribution in [0.3, 0.4) is 0 Å². The van der Waals surface area contributed by atoms with E-state index in [4.69, 9.17) is 9.40 Å². The molecule has 0 N–H and O–H groups in total. The Balaban J connectivity index is 1.45. The van der Waals surface area contributed by atoms with Gasteiger partial charge in [-0.1, -0.05) is 42.5 Å². The molecule has 2 heterocycles. The Morgan fingerprint density at radius 3 is 2.64 bits per heavy atom. The third kappa shape index (κ3) is 3.02. The number of hydrogen-bond acceptors (Lipinski definition) is 4. The van der Waals surface area contributed by atoms with E-state index >= 15 is 0 Å². The van der Waals surface area contributed by atoms with Crippen molar-refractivity contribution < 1.29 is 4.42 Å². The van der Waals surface area contributed by atoms with Gasteiger partial charge in [-0.25, -0.2) is 4.98 Å². The van der Waals surface area contributed by atoms with Gasteiger partial charge in [0.2, 0.25) is 0 Å². The average Bonchev–Trinajstić information content (AvgIpc) is 3.15. The van der Waals surface area contributed by atoms with E-state index in [1.54, 1.807) is 17.6 Å². The smallest absolute Gasteiger partial charge is 0.196 e. The highest BCUT2D eigenvalue weighted by Gasteiger charge is 2.09. The van der Waals surface area contributed by atoms with E-state index in [0.29, 0.717) is 23.0 Å². The summed E-state index contributed by atoms with van der Waals surface area (Å²) in [6, 6.07) is 22.1. The van der Waals surface area contributed by atoms with Crippen LogP contribution in [0, 0.1) is 6.92 Å². The van der Waals surface area contributed by atoms with Gasteiger partial charge < -0.3 is 4.42 Å². The predicted molar refractivity (Wildman–Crippen MR) is 115 cm³/mol. The van der Waals surface area contributed by atoms with Crippen molar-refractivity contribution in [1.82, 2.24) is 4.98 Å². The van der Waals surface area contributed by atoms with E-state index in [9.17, 15) is 4.79 Å². The quantitative estimate of drug-likeness (QED) is 0.385. The van der Waals surface area contributed by atoms with Gasteiger partial charge in [0, 0.05) is 17.5 Å². The molecule has 0 bridgehead atoms. The third-order valence-electron chi connectivity index (χ3n) is 4.89. The van der Waals surface area contributed by atoms with Crippen LogP contribution in [0.1, 0.15) is 16.7 Å². The standard InChI is InChI=1S/C24H17NO2S/c1-15-6-11-19-21(12-15)27-14-18(23(19)26)13-16-7-9-17(10-8-16)24-25-20-4-2-3-5-22(20)28-24/h2-12,14H,13H2,1H3. The first-order valence-corrected chi connectivity index (χ1v) is 9.95. The third-order valence-corrected chi connectivity index (χ3v) is 5.98. The molecule has 2 aromatic heterocycles. The number of rotatable bonds is 3. The summed E-state index contributed by atoms with van der Waals surface area (Å²) in [4.78, 5) is 17.5. The molecule has 136 valence electrons. The molecule has 5 rings (SSSR count). The molecule has 0 aliphatic carbocycles. The molecule has 0 radical (unpaired) electrons. The number of aryl methyl sites for hydroxylation is 1. The van der Waals surface area contributed by atoms with E-state index < -0.39 is 0 Å². The molecule has 0 aliphatic heterocycles. The van der Waals surface area contributed by atoms with Crippen molar-refractivity contribution in [2.24, 2.45) is 0 Å². The zero-order valence-corrected chi connectivity index (χ0v) is 16.1.